The second-order valence-corrected chi connectivity index (χ2v) is 6.91. The second-order valence-electron chi connectivity index (χ2n) is 5.14. The number of aryl methyl sites for hydroxylation is 1. The summed E-state index contributed by atoms with van der Waals surface area (Å²) in [4.78, 5) is 0.210. The van der Waals surface area contributed by atoms with Crippen LogP contribution >= 0.6 is 31.9 Å². The summed E-state index contributed by atoms with van der Waals surface area (Å²) in [5.41, 5.74) is 3.97. The van der Waals surface area contributed by atoms with E-state index in [0.29, 0.717) is 0 Å². The van der Waals surface area contributed by atoms with Crippen molar-refractivity contribution in [3.8, 4) is 0 Å². The van der Waals surface area contributed by atoms with Gasteiger partial charge in [0.15, 0.2) is 0 Å². The molecule has 3 aromatic rings. The van der Waals surface area contributed by atoms with Gasteiger partial charge in [0, 0.05) is 4.47 Å². The van der Waals surface area contributed by atoms with Crippen LogP contribution in [0.15, 0.2) is 65.1 Å². The van der Waals surface area contributed by atoms with E-state index in [-0.39, 0.29) is 4.83 Å². The highest BCUT2D eigenvalue weighted by molar-refractivity contribution is 9.10. The largest absolute Gasteiger partial charge is 0.0786 e. The van der Waals surface area contributed by atoms with E-state index in [1.54, 1.807) is 0 Å². The van der Waals surface area contributed by atoms with Crippen molar-refractivity contribution in [1.82, 2.24) is 0 Å². The molecule has 2 heteroatoms. The topological polar surface area (TPSA) is 0 Å². The van der Waals surface area contributed by atoms with Gasteiger partial charge >= 0.3 is 0 Å². The summed E-state index contributed by atoms with van der Waals surface area (Å²) in [6, 6.07) is 21.7. The Bertz CT molecular complexity index is 760. The van der Waals surface area contributed by atoms with E-state index in [2.05, 4.69) is 99.4 Å². The van der Waals surface area contributed by atoms with Crippen molar-refractivity contribution in [2.45, 2.75) is 18.2 Å². The number of hydrogen-bond acceptors (Lipinski definition) is 0. The van der Waals surface area contributed by atoms with Crippen LogP contribution < -0.4 is 0 Å². The Kier molecular flexibility index (Phi) is 4.46. The maximum absolute atomic E-state index is 3.87. The molecular weight excluding hydrogens is 388 g/mol. The summed E-state index contributed by atoms with van der Waals surface area (Å²) >= 11 is 7.51. The van der Waals surface area contributed by atoms with Crippen molar-refractivity contribution in [2.75, 3.05) is 0 Å². The molecule has 1 unspecified atom stereocenters. The minimum Gasteiger partial charge on any atom is -0.0786 e. The Labute approximate surface area is 142 Å². The van der Waals surface area contributed by atoms with E-state index >= 15 is 0 Å². The molecule has 106 valence electrons. The van der Waals surface area contributed by atoms with Gasteiger partial charge in [0.05, 0.1) is 4.83 Å². The van der Waals surface area contributed by atoms with Crippen LogP contribution in [0.3, 0.4) is 0 Å². The molecule has 3 rings (SSSR count). The number of fused-ring (bicyclic) bond motifs is 1. The van der Waals surface area contributed by atoms with Crippen LogP contribution in [0.4, 0.5) is 0 Å². The summed E-state index contributed by atoms with van der Waals surface area (Å²) in [6.45, 7) is 2.18. The molecule has 0 heterocycles. The van der Waals surface area contributed by atoms with Crippen LogP contribution in [0.2, 0.25) is 0 Å². The fraction of sp³-hybridized carbons (Fsp3) is 0.158. The van der Waals surface area contributed by atoms with Crippen molar-refractivity contribution >= 4 is 42.6 Å². The van der Waals surface area contributed by atoms with Crippen molar-refractivity contribution in [2.24, 2.45) is 0 Å². The fourth-order valence-corrected chi connectivity index (χ4v) is 3.79. The summed E-state index contributed by atoms with van der Waals surface area (Å²) in [7, 11) is 0. The standard InChI is InChI=1S/C19H16Br2/c1-2-13-7-9-14(10-8-13)19(21)17-11-12-18(20)16-6-4-3-5-15(16)17/h3-12,19H,2H2,1H3. The highest BCUT2D eigenvalue weighted by Crippen LogP contribution is 2.37. The van der Waals surface area contributed by atoms with Gasteiger partial charge in [-0.05, 0) is 39.9 Å². The van der Waals surface area contributed by atoms with Crippen LogP contribution in [0.1, 0.15) is 28.4 Å². The Morgan fingerprint density at radius 3 is 2.19 bits per heavy atom. The van der Waals surface area contributed by atoms with Crippen LogP contribution in [-0.4, -0.2) is 0 Å². The highest BCUT2D eigenvalue weighted by atomic mass is 79.9. The molecule has 0 bridgehead atoms. The quantitative estimate of drug-likeness (QED) is 0.429. The number of benzene rings is 3. The van der Waals surface area contributed by atoms with Gasteiger partial charge in [-0.3, -0.25) is 0 Å². The molecule has 0 aliphatic heterocycles. The molecule has 0 saturated heterocycles. The number of alkyl halides is 1. The lowest BCUT2D eigenvalue weighted by Gasteiger charge is -2.15. The zero-order valence-corrected chi connectivity index (χ0v) is 15.0. The Morgan fingerprint density at radius 1 is 0.857 bits per heavy atom. The van der Waals surface area contributed by atoms with Gasteiger partial charge in [0.25, 0.3) is 0 Å². The van der Waals surface area contributed by atoms with Gasteiger partial charge in [0.2, 0.25) is 0 Å². The van der Waals surface area contributed by atoms with Gasteiger partial charge in [0.1, 0.15) is 0 Å². The van der Waals surface area contributed by atoms with Crippen molar-refractivity contribution < 1.29 is 0 Å². The summed E-state index contributed by atoms with van der Waals surface area (Å²) < 4.78 is 1.14. The minimum absolute atomic E-state index is 0.210. The predicted octanol–water partition coefficient (Wildman–Crippen LogP) is 6.65. The van der Waals surface area contributed by atoms with Gasteiger partial charge in [-0.15, -0.1) is 0 Å². The lowest BCUT2D eigenvalue weighted by Crippen LogP contribution is -1.95. The first kappa shape index (κ1) is 14.8. The van der Waals surface area contributed by atoms with Gasteiger partial charge in [-0.25, -0.2) is 0 Å². The lowest BCUT2D eigenvalue weighted by atomic mass is 9.97. The second kappa shape index (κ2) is 6.33. The molecule has 0 spiro atoms. The van der Waals surface area contributed by atoms with Crippen LogP contribution in [-0.2, 0) is 6.42 Å². The molecule has 0 radical (unpaired) electrons. The SMILES string of the molecule is CCc1ccc(C(Br)c2ccc(Br)c3ccccc23)cc1. The predicted molar refractivity (Wildman–Crippen MR) is 98.2 cm³/mol. The van der Waals surface area contributed by atoms with Crippen molar-refractivity contribution in [3.05, 3.63) is 81.8 Å². The van der Waals surface area contributed by atoms with E-state index in [4.69, 9.17) is 0 Å². The molecule has 0 aliphatic carbocycles. The average molecular weight is 404 g/mol. The Morgan fingerprint density at radius 2 is 1.52 bits per heavy atom. The van der Waals surface area contributed by atoms with Crippen molar-refractivity contribution in [1.29, 1.82) is 0 Å². The molecule has 0 nitrogen and oxygen atoms in total. The molecule has 0 fully saturated rings. The zero-order chi connectivity index (χ0) is 14.8. The molecule has 0 aliphatic rings. The summed E-state index contributed by atoms with van der Waals surface area (Å²) in [5.74, 6) is 0. The molecule has 21 heavy (non-hydrogen) atoms. The fourth-order valence-electron chi connectivity index (χ4n) is 2.61. The third kappa shape index (κ3) is 2.93. The van der Waals surface area contributed by atoms with Gasteiger partial charge < -0.3 is 0 Å². The average Bonchev–Trinajstić information content (AvgIpc) is 2.55. The van der Waals surface area contributed by atoms with Crippen LogP contribution in [0, 0.1) is 0 Å². The van der Waals surface area contributed by atoms with E-state index in [0.717, 1.165) is 10.9 Å². The van der Waals surface area contributed by atoms with E-state index in [9.17, 15) is 0 Å². The van der Waals surface area contributed by atoms with E-state index < -0.39 is 0 Å². The number of rotatable bonds is 3. The molecule has 0 saturated carbocycles. The summed E-state index contributed by atoms with van der Waals surface area (Å²) in [5, 5.41) is 2.54. The summed E-state index contributed by atoms with van der Waals surface area (Å²) in [6.07, 6.45) is 1.08. The van der Waals surface area contributed by atoms with E-state index in [1.807, 2.05) is 0 Å². The monoisotopic (exact) mass is 402 g/mol. The van der Waals surface area contributed by atoms with E-state index in [1.165, 1.54) is 27.5 Å². The molecule has 3 aromatic carbocycles. The maximum Gasteiger partial charge on any atom is 0.0650 e. The number of halogens is 2. The lowest BCUT2D eigenvalue weighted by molar-refractivity contribution is 1.12. The van der Waals surface area contributed by atoms with Gasteiger partial charge in [-0.1, -0.05) is 93.4 Å². The zero-order valence-electron chi connectivity index (χ0n) is 11.8. The van der Waals surface area contributed by atoms with Crippen molar-refractivity contribution in [3.63, 3.8) is 0 Å². The minimum atomic E-state index is 0.210. The normalized spacial score (nSPS) is 12.5. The molecular formula is C19H16Br2. The number of hydrogen-bond donors (Lipinski definition) is 0. The first-order chi connectivity index (χ1) is 10.2. The maximum atomic E-state index is 3.87. The Balaban J connectivity index is 2.08. The first-order valence-corrected chi connectivity index (χ1v) is 8.81. The smallest absolute Gasteiger partial charge is 0.0650 e. The molecule has 0 aromatic heterocycles. The molecule has 1 atom stereocenters. The first-order valence-electron chi connectivity index (χ1n) is 7.10. The highest BCUT2D eigenvalue weighted by Gasteiger charge is 2.14. The van der Waals surface area contributed by atoms with Gasteiger partial charge in [-0.2, -0.15) is 0 Å². The molecule has 0 amide bonds. The molecule has 0 N–H and O–H groups in total. The van der Waals surface area contributed by atoms with Crippen LogP contribution in [0.25, 0.3) is 10.8 Å². The Hall–Kier alpha value is -1.12. The third-order valence-corrected chi connectivity index (χ3v) is 5.57. The van der Waals surface area contributed by atoms with Crippen LogP contribution in [0.5, 0.6) is 0 Å². The third-order valence-electron chi connectivity index (χ3n) is 3.86.